The molecule has 2 atom stereocenters. The van der Waals surface area contributed by atoms with Crippen LogP contribution in [0.3, 0.4) is 0 Å². The van der Waals surface area contributed by atoms with Crippen LogP contribution in [0.25, 0.3) is 0 Å². The van der Waals surface area contributed by atoms with Crippen molar-refractivity contribution in [2.75, 3.05) is 27.4 Å². The van der Waals surface area contributed by atoms with Crippen LogP contribution in [0.1, 0.15) is 25.5 Å². The molecule has 1 aliphatic rings. The largest absolute Gasteiger partial charge is 0.486 e. The summed E-state index contributed by atoms with van der Waals surface area (Å²) in [5.74, 6) is 1.62. The summed E-state index contributed by atoms with van der Waals surface area (Å²) in [6.07, 6.45) is -0.269. The first kappa shape index (κ1) is 15.1. The van der Waals surface area contributed by atoms with E-state index in [9.17, 15) is 0 Å². The summed E-state index contributed by atoms with van der Waals surface area (Å²) < 4.78 is 21.7. The SMILES string of the molecule is COC(OC)C(C)NC(C)c1ccc2c(c1)OCCO2. The van der Waals surface area contributed by atoms with Gasteiger partial charge in [0, 0.05) is 20.3 Å². The molecule has 1 aliphatic heterocycles. The Morgan fingerprint density at radius 1 is 1.05 bits per heavy atom. The number of methoxy groups -OCH3 is 2. The van der Waals surface area contributed by atoms with Gasteiger partial charge in [0.1, 0.15) is 13.2 Å². The van der Waals surface area contributed by atoms with E-state index in [0.29, 0.717) is 13.2 Å². The second-order valence-electron chi connectivity index (χ2n) is 4.92. The molecule has 1 aromatic carbocycles. The molecule has 0 bridgehead atoms. The fourth-order valence-electron chi connectivity index (χ4n) is 2.40. The lowest BCUT2D eigenvalue weighted by atomic mass is 10.1. The Bertz CT molecular complexity index is 434. The predicted octanol–water partition coefficient (Wildman–Crippen LogP) is 2.12. The third kappa shape index (κ3) is 3.42. The van der Waals surface area contributed by atoms with Gasteiger partial charge in [0.2, 0.25) is 0 Å². The van der Waals surface area contributed by atoms with Crippen LogP contribution in [-0.4, -0.2) is 39.8 Å². The second-order valence-corrected chi connectivity index (χ2v) is 4.92. The van der Waals surface area contributed by atoms with Crippen LogP contribution in [0.5, 0.6) is 11.5 Å². The van der Waals surface area contributed by atoms with Crippen LogP contribution in [-0.2, 0) is 9.47 Å². The highest BCUT2D eigenvalue weighted by atomic mass is 16.7. The Hall–Kier alpha value is -1.30. The average molecular weight is 281 g/mol. The Kier molecular flexibility index (Phi) is 5.23. The molecule has 5 heteroatoms. The van der Waals surface area contributed by atoms with Crippen molar-refractivity contribution in [2.24, 2.45) is 0 Å². The molecule has 0 amide bonds. The standard InChI is InChI=1S/C15H23NO4/c1-10(16-11(2)15(17-3)18-4)12-5-6-13-14(9-12)20-8-7-19-13/h5-6,9-11,15-16H,7-8H2,1-4H3. The van der Waals surface area contributed by atoms with Crippen molar-refractivity contribution in [3.05, 3.63) is 23.8 Å². The van der Waals surface area contributed by atoms with Crippen LogP contribution in [0, 0.1) is 0 Å². The van der Waals surface area contributed by atoms with E-state index < -0.39 is 0 Å². The van der Waals surface area contributed by atoms with Gasteiger partial charge in [-0.25, -0.2) is 0 Å². The summed E-state index contributed by atoms with van der Waals surface area (Å²) in [7, 11) is 3.28. The topological polar surface area (TPSA) is 49.0 Å². The second kappa shape index (κ2) is 6.92. The molecule has 1 heterocycles. The number of rotatable bonds is 6. The maximum Gasteiger partial charge on any atom is 0.171 e. The molecule has 2 rings (SSSR count). The van der Waals surface area contributed by atoms with Crippen molar-refractivity contribution >= 4 is 0 Å². The van der Waals surface area contributed by atoms with Crippen LogP contribution >= 0.6 is 0 Å². The zero-order chi connectivity index (χ0) is 14.5. The lowest BCUT2D eigenvalue weighted by molar-refractivity contribution is -0.120. The van der Waals surface area contributed by atoms with Gasteiger partial charge in [-0.15, -0.1) is 0 Å². The fraction of sp³-hybridized carbons (Fsp3) is 0.600. The molecule has 0 fully saturated rings. The van der Waals surface area contributed by atoms with E-state index in [-0.39, 0.29) is 18.4 Å². The molecule has 0 spiro atoms. The minimum atomic E-state index is -0.269. The van der Waals surface area contributed by atoms with Crippen LogP contribution in [0.4, 0.5) is 0 Å². The van der Waals surface area contributed by atoms with E-state index in [2.05, 4.69) is 12.2 Å². The molecule has 1 N–H and O–H groups in total. The molecule has 20 heavy (non-hydrogen) atoms. The van der Waals surface area contributed by atoms with Gasteiger partial charge >= 0.3 is 0 Å². The Balaban J connectivity index is 2.03. The Morgan fingerprint density at radius 2 is 1.70 bits per heavy atom. The van der Waals surface area contributed by atoms with Gasteiger partial charge in [0.05, 0.1) is 6.04 Å². The number of fused-ring (bicyclic) bond motifs is 1. The summed E-state index contributed by atoms with van der Waals surface area (Å²) >= 11 is 0. The fourth-order valence-corrected chi connectivity index (χ4v) is 2.40. The number of benzene rings is 1. The van der Waals surface area contributed by atoms with Gasteiger partial charge in [-0.1, -0.05) is 6.07 Å². The molecule has 0 saturated carbocycles. The van der Waals surface area contributed by atoms with E-state index in [1.54, 1.807) is 14.2 Å². The minimum Gasteiger partial charge on any atom is -0.486 e. The van der Waals surface area contributed by atoms with Crippen LogP contribution in [0.2, 0.25) is 0 Å². The van der Waals surface area contributed by atoms with Crippen LogP contribution < -0.4 is 14.8 Å². The summed E-state index contributed by atoms with van der Waals surface area (Å²) in [6, 6.07) is 6.26. The zero-order valence-corrected chi connectivity index (χ0v) is 12.5. The lowest BCUT2D eigenvalue weighted by Crippen LogP contribution is -2.40. The molecule has 2 unspecified atom stereocenters. The maximum absolute atomic E-state index is 5.61. The quantitative estimate of drug-likeness (QED) is 0.809. The zero-order valence-electron chi connectivity index (χ0n) is 12.5. The molecule has 112 valence electrons. The highest BCUT2D eigenvalue weighted by Crippen LogP contribution is 2.32. The first-order chi connectivity index (χ1) is 9.65. The summed E-state index contributed by atoms with van der Waals surface area (Å²) in [6.45, 7) is 5.35. The Labute approximate surface area is 120 Å². The molecule has 0 saturated heterocycles. The summed E-state index contributed by atoms with van der Waals surface area (Å²) in [5.41, 5.74) is 1.15. The Morgan fingerprint density at radius 3 is 2.35 bits per heavy atom. The average Bonchev–Trinajstić information content (AvgIpc) is 2.48. The van der Waals surface area contributed by atoms with Crippen molar-refractivity contribution < 1.29 is 18.9 Å². The first-order valence-electron chi connectivity index (χ1n) is 6.87. The van der Waals surface area contributed by atoms with Gasteiger partial charge in [-0.3, -0.25) is 0 Å². The summed E-state index contributed by atoms with van der Waals surface area (Å²) in [5, 5.41) is 3.46. The van der Waals surface area contributed by atoms with Crippen molar-refractivity contribution in [1.29, 1.82) is 0 Å². The molecule has 0 radical (unpaired) electrons. The van der Waals surface area contributed by atoms with E-state index in [1.807, 2.05) is 25.1 Å². The predicted molar refractivity (Wildman–Crippen MR) is 76.3 cm³/mol. The third-order valence-corrected chi connectivity index (χ3v) is 3.45. The number of hydrogen-bond acceptors (Lipinski definition) is 5. The van der Waals surface area contributed by atoms with E-state index in [0.717, 1.165) is 17.1 Å². The van der Waals surface area contributed by atoms with E-state index >= 15 is 0 Å². The molecule has 1 aromatic rings. The van der Waals surface area contributed by atoms with Gasteiger partial charge in [-0.05, 0) is 31.5 Å². The normalized spacial score (nSPS) is 17.1. The van der Waals surface area contributed by atoms with Crippen molar-refractivity contribution in [1.82, 2.24) is 5.32 Å². The maximum atomic E-state index is 5.61. The third-order valence-electron chi connectivity index (χ3n) is 3.45. The number of ether oxygens (including phenoxy) is 4. The van der Waals surface area contributed by atoms with Gasteiger partial charge < -0.3 is 24.3 Å². The van der Waals surface area contributed by atoms with Crippen LogP contribution in [0.15, 0.2) is 18.2 Å². The highest BCUT2D eigenvalue weighted by Gasteiger charge is 2.20. The van der Waals surface area contributed by atoms with Crippen molar-refractivity contribution in [2.45, 2.75) is 32.2 Å². The van der Waals surface area contributed by atoms with E-state index in [1.165, 1.54) is 0 Å². The lowest BCUT2D eigenvalue weighted by Gasteiger charge is -2.27. The molecule has 0 aliphatic carbocycles. The van der Waals surface area contributed by atoms with E-state index in [4.69, 9.17) is 18.9 Å². The highest BCUT2D eigenvalue weighted by molar-refractivity contribution is 5.44. The molecule has 5 nitrogen and oxygen atoms in total. The molecular formula is C15H23NO4. The summed E-state index contributed by atoms with van der Waals surface area (Å²) in [4.78, 5) is 0. The van der Waals surface area contributed by atoms with Crippen molar-refractivity contribution in [3.8, 4) is 11.5 Å². The molecular weight excluding hydrogens is 258 g/mol. The van der Waals surface area contributed by atoms with Gasteiger partial charge in [0.15, 0.2) is 17.8 Å². The van der Waals surface area contributed by atoms with Gasteiger partial charge in [0.25, 0.3) is 0 Å². The monoisotopic (exact) mass is 281 g/mol. The first-order valence-corrected chi connectivity index (χ1v) is 6.87. The number of hydrogen-bond donors (Lipinski definition) is 1. The minimum absolute atomic E-state index is 0.0770. The number of nitrogens with one attached hydrogen (secondary N) is 1. The van der Waals surface area contributed by atoms with Gasteiger partial charge in [-0.2, -0.15) is 0 Å². The molecule has 0 aromatic heterocycles. The van der Waals surface area contributed by atoms with Crippen molar-refractivity contribution in [3.63, 3.8) is 0 Å². The smallest absolute Gasteiger partial charge is 0.171 e.